The molecular weight excluding hydrogens is 210 g/mol. The molecule has 0 saturated carbocycles. The molecule has 0 aliphatic carbocycles. The molecule has 0 atom stereocenters. The lowest BCUT2D eigenvalue weighted by atomic mass is 10.4. The van der Waals surface area contributed by atoms with Gasteiger partial charge in [-0.1, -0.05) is 64.2 Å². The lowest BCUT2D eigenvalue weighted by Gasteiger charge is -2.43. The number of rotatable bonds is 7. The molecule has 0 aliphatic heterocycles. The molecule has 0 fully saturated rings. The van der Waals surface area contributed by atoms with Gasteiger partial charge in [-0.3, -0.25) is 0 Å². The summed E-state index contributed by atoms with van der Waals surface area (Å²) < 4.78 is 0. The Hall–Kier alpha value is 0.177. The van der Waals surface area contributed by atoms with E-state index in [-0.39, 0.29) is 0 Å². The van der Waals surface area contributed by atoms with Gasteiger partial charge < -0.3 is 4.90 Å². The first-order chi connectivity index (χ1) is 7.25. The zero-order valence-electron chi connectivity index (χ0n) is 12.8. The number of hydrogen-bond donors (Lipinski definition) is 0. The first-order valence-electron chi connectivity index (χ1n) is 6.89. The fourth-order valence-corrected chi connectivity index (χ4v) is 10.1. The van der Waals surface area contributed by atoms with Crippen molar-refractivity contribution in [2.45, 2.75) is 70.6 Å². The molecule has 0 saturated heterocycles. The Labute approximate surface area is 105 Å². The van der Waals surface area contributed by atoms with E-state index in [1.165, 1.54) is 19.0 Å². The van der Waals surface area contributed by atoms with E-state index in [1.54, 1.807) is 0 Å². The Balaban J connectivity index is 4.64. The van der Waals surface area contributed by atoms with Crippen LogP contribution in [-0.2, 0) is 0 Å². The van der Waals surface area contributed by atoms with Crippen molar-refractivity contribution >= 4 is 8.07 Å². The zero-order valence-corrected chi connectivity index (χ0v) is 13.8. The third-order valence-corrected chi connectivity index (χ3v) is 12.1. The van der Waals surface area contributed by atoms with Crippen LogP contribution in [0.5, 0.6) is 0 Å². The van der Waals surface area contributed by atoms with Crippen LogP contribution < -0.4 is 0 Å². The van der Waals surface area contributed by atoms with E-state index in [4.69, 9.17) is 0 Å². The summed E-state index contributed by atoms with van der Waals surface area (Å²) in [5, 5.41) is 0. The van der Waals surface area contributed by atoms with E-state index in [1.807, 2.05) is 0 Å². The van der Waals surface area contributed by atoms with E-state index in [0.717, 1.165) is 16.6 Å². The first-order valence-corrected chi connectivity index (χ1v) is 9.33. The van der Waals surface area contributed by atoms with E-state index in [9.17, 15) is 0 Å². The molecule has 0 N–H and O–H groups in total. The normalized spacial score (nSPS) is 13.5. The van der Waals surface area contributed by atoms with Crippen molar-refractivity contribution in [1.82, 2.24) is 4.90 Å². The first kappa shape index (κ1) is 16.2. The average Bonchev–Trinajstić information content (AvgIpc) is 2.09. The van der Waals surface area contributed by atoms with Crippen LogP contribution in [0.2, 0.25) is 22.7 Å². The van der Waals surface area contributed by atoms with Crippen molar-refractivity contribution in [3.05, 3.63) is 0 Å². The minimum atomic E-state index is -1.12. The summed E-state index contributed by atoms with van der Waals surface area (Å²) in [6.07, 6.45) is 1.38. The van der Waals surface area contributed by atoms with Gasteiger partial charge in [0.15, 0.2) is 0 Å². The lowest BCUT2D eigenvalue weighted by Crippen LogP contribution is -2.44. The van der Waals surface area contributed by atoms with Crippen molar-refractivity contribution in [2.75, 3.05) is 20.6 Å². The van der Waals surface area contributed by atoms with Crippen LogP contribution in [-0.4, -0.2) is 33.6 Å². The molecule has 2 heteroatoms. The van der Waals surface area contributed by atoms with Gasteiger partial charge in [-0.15, -0.1) is 0 Å². The molecule has 0 radical (unpaired) electrons. The van der Waals surface area contributed by atoms with E-state index >= 15 is 0 Å². The Morgan fingerprint density at radius 3 is 1.44 bits per heavy atom. The molecule has 0 aromatic rings. The van der Waals surface area contributed by atoms with Crippen LogP contribution in [0, 0.1) is 0 Å². The van der Waals surface area contributed by atoms with Crippen LogP contribution in [0.25, 0.3) is 0 Å². The molecule has 0 spiro atoms. The minimum Gasteiger partial charge on any atom is -0.309 e. The van der Waals surface area contributed by atoms with E-state index in [2.05, 4.69) is 60.5 Å². The molecule has 98 valence electrons. The van der Waals surface area contributed by atoms with Gasteiger partial charge in [0.05, 0.1) is 8.07 Å². The van der Waals surface area contributed by atoms with Crippen molar-refractivity contribution in [3.63, 3.8) is 0 Å². The maximum atomic E-state index is 2.46. The second-order valence-corrected chi connectivity index (χ2v) is 12.7. The standard InChI is InChI=1S/C14H33NSi/c1-12(2)16(13(3)4,14(5)6)11-9-10-15(7)8/h12-14H,9-11H2,1-8H3. The van der Waals surface area contributed by atoms with Crippen LogP contribution in [0.3, 0.4) is 0 Å². The third-order valence-electron chi connectivity index (χ3n) is 4.44. The highest BCUT2D eigenvalue weighted by Crippen LogP contribution is 2.44. The molecule has 1 nitrogen and oxygen atoms in total. The van der Waals surface area contributed by atoms with Crippen LogP contribution >= 0.6 is 0 Å². The molecule has 0 aromatic carbocycles. The summed E-state index contributed by atoms with van der Waals surface area (Å²) in [5.74, 6) is 0. The Morgan fingerprint density at radius 2 is 1.19 bits per heavy atom. The molecule has 0 amide bonds. The van der Waals surface area contributed by atoms with Gasteiger partial charge in [-0.2, -0.15) is 0 Å². The Morgan fingerprint density at radius 1 is 0.812 bits per heavy atom. The molecule has 0 bridgehead atoms. The van der Waals surface area contributed by atoms with Crippen molar-refractivity contribution < 1.29 is 0 Å². The summed E-state index contributed by atoms with van der Waals surface area (Å²) in [6, 6.07) is 1.50. The number of nitrogens with zero attached hydrogens (tertiary/aromatic N) is 1. The summed E-state index contributed by atoms with van der Waals surface area (Å²) in [5.41, 5.74) is 2.74. The maximum absolute atomic E-state index is 2.46. The van der Waals surface area contributed by atoms with Gasteiger partial charge in [-0.05, 0) is 27.1 Å². The highest BCUT2D eigenvalue weighted by Gasteiger charge is 2.41. The molecule has 0 aromatic heterocycles. The molecule has 0 rings (SSSR count). The highest BCUT2D eigenvalue weighted by atomic mass is 28.3. The van der Waals surface area contributed by atoms with Crippen LogP contribution in [0.4, 0.5) is 0 Å². The Bertz CT molecular complexity index is 163. The largest absolute Gasteiger partial charge is 0.309 e. The van der Waals surface area contributed by atoms with Crippen molar-refractivity contribution in [1.29, 1.82) is 0 Å². The van der Waals surface area contributed by atoms with Gasteiger partial charge in [-0.25, -0.2) is 0 Å². The zero-order chi connectivity index (χ0) is 12.9. The monoisotopic (exact) mass is 243 g/mol. The van der Waals surface area contributed by atoms with Gasteiger partial charge in [0, 0.05) is 0 Å². The fraction of sp³-hybridized carbons (Fsp3) is 1.00. The predicted octanol–water partition coefficient (Wildman–Crippen LogP) is 4.62. The van der Waals surface area contributed by atoms with E-state index in [0.29, 0.717) is 0 Å². The van der Waals surface area contributed by atoms with Gasteiger partial charge in [0.1, 0.15) is 0 Å². The topological polar surface area (TPSA) is 3.24 Å². The third kappa shape index (κ3) is 3.88. The fourth-order valence-electron chi connectivity index (χ4n) is 3.57. The maximum Gasteiger partial charge on any atom is 0.0613 e. The molecule has 16 heavy (non-hydrogen) atoms. The van der Waals surface area contributed by atoms with Gasteiger partial charge in [0.2, 0.25) is 0 Å². The predicted molar refractivity (Wildman–Crippen MR) is 79.0 cm³/mol. The highest BCUT2D eigenvalue weighted by molar-refractivity contribution is 6.83. The minimum absolute atomic E-state index is 0.912. The van der Waals surface area contributed by atoms with E-state index < -0.39 is 8.07 Å². The SMILES string of the molecule is CC(C)[Si](CCCN(C)C)(C(C)C)C(C)C. The number of hydrogen-bond acceptors (Lipinski definition) is 1. The summed E-state index contributed by atoms with van der Waals surface area (Å²) in [6.45, 7) is 16.0. The van der Waals surface area contributed by atoms with Crippen molar-refractivity contribution in [2.24, 2.45) is 0 Å². The van der Waals surface area contributed by atoms with Gasteiger partial charge >= 0.3 is 0 Å². The quantitative estimate of drug-likeness (QED) is 0.590. The van der Waals surface area contributed by atoms with Gasteiger partial charge in [0.25, 0.3) is 0 Å². The van der Waals surface area contributed by atoms with Crippen LogP contribution in [0.15, 0.2) is 0 Å². The smallest absolute Gasteiger partial charge is 0.0613 e. The van der Waals surface area contributed by atoms with Crippen molar-refractivity contribution in [3.8, 4) is 0 Å². The summed E-state index contributed by atoms with van der Waals surface area (Å²) in [4.78, 5) is 2.32. The second-order valence-electron chi connectivity index (χ2n) is 6.48. The van der Waals surface area contributed by atoms with Crippen LogP contribution in [0.1, 0.15) is 48.0 Å². The Kier molecular flexibility index (Phi) is 6.88. The second kappa shape index (κ2) is 6.80. The lowest BCUT2D eigenvalue weighted by molar-refractivity contribution is 0.406. The average molecular weight is 244 g/mol. The summed E-state index contributed by atoms with van der Waals surface area (Å²) in [7, 11) is 3.25. The molecule has 0 aliphatic rings. The molecular formula is C14H33NSi. The molecule has 0 heterocycles. The molecule has 0 unspecified atom stereocenters. The summed E-state index contributed by atoms with van der Waals surface area (Å²) >= 11 is 0.